The van der Waals surface area contributed by atoms with Crippen LogP contribution in [-0.4, -0.2) is 78.3 Å². The van der Waals surface area contributed by atoms with Crippen molar-refractivity contribution in [2.24, 2.45) is 0 Å². The van der Waals surface area contributed by atoms with Crippen molar-refractivity contribution in [3.8, 4) is 0 Å². The highest BCUT2D eigenvalue weighted by Gasteiger charge is 2.45. The number of morpholine rings is 1. The van der Waals surface area contributed by atoms with Gasteiger partial charge in [0.15, 0.2) is 0 Å². The molecule has 0 radical (unpaired) electrons. The van der Waals surface area contributed by atoms with Gasteiger partial charge in [0, 0.05) is 25.5 Å². The number of aromatic nitrogens is 1. The summed E-state index contributed by atoms with van der Waals surface area (Å²) in [7, 11) is 0. The fourth-order valence-electron chi connectivity index (χ4n) is 4.34. The largest absolute Gasteiger partial charge is 0.374 e. The summed E-state index contributed by atoms with van der Waals surface area (Å²) in [4.78, 5) is 21.3. The lowest BCUT2D eigenvalue weighted by Gasteiger charge is -2.39. The van der Waals surface area contributed by atoms with Gasteiger partial charge in [-0.05, 0) is 50.9 Å². The number of likely N-dealkylation sites (tertiary alicyclic amines) is 1. The molecule has 0 spiro atoms. The van der Waals surface area contributed by atoms with Crippen LogP contribution in [0, 0.1) is 0 Å². The predicted molar refractivity (Wildman–Crippen MR) is 93.4 cm³/mol. The molecule has 0 aromatic carbocycles. The number of ether oxygens (including phenoxy) is 2. The fraction of sp³-hybridized carbons (Fsp3) is 0.684. The molecule has 4 rings (SSSR count). The summed E-state index contributed by atoms with van der Waals surface area (Å²) in [5.74, 6) is 0.0594. The Bertz CT molecular complexity index is 577. The van der Waals surface area contributed by atoms with Crippen LogP contribution in [0.25, 0.3) is 0 Å². The lowest BCUT2D eigenvalue weighted by Crippen LogP contribution is -2.54. The van der Waals surface area contributed by atoms with E-state index >= 15 is 0 Å². The van der Waals surface area contributed by atoms with Crippen molar-refractivity contribution < 1.29 is 14.3 Å². The van der Waals surface area contributed by atoms with E-state index < -0.39 is 0 Å². The topological polar surface area (TPSA) is 54.9 Å². The Hall–Kier alpha value is -1.50. The number of hydrogen-bond donors (Lipinski definition) is 0. The van der Waals surface area contributed by atoms with Crippen molar-refractivity contribution in [1.29, 1.82) is 0 Å². The second-order valence-corrected chi connectivity index (χ2v) is 7.18. The van der Waals surface area contributed by atoms with E-state index in [1.165, 1.54) is 25.9 Å². The second kappa shape index (κ2) is 7.81. The summed E-state index contributed by atoms with van der Waals surface area (Å²) in [5.41, 5.74) is 0.654. The van der Waals surface area contributed by atoms with Crippen molar-refractivity contribution in [3.63, 3.8) is 0 Å². The molecule has 1 saturated carbocycles. The number of pyridine rings is 1. The fourth-order valence-corrected chi connectivity index (χ4v) is 4.34. The lowest BCUT2D eigenvalue weighted by atomic mass is 10.1. The van der Waals surface area contributed by atoms with Crippen LogP contribution in [-0.2, 0) is 9.47 Å². The first kappa shape index (κ1) is 16.9. The Morgan fingerprint density at radius 1 is 1.28 bits per heavy atom. The lowest BCUT2D eigenvalue weighted by molar-refractivity contribution is -0.106. The Kier molecular flexibility index (Phi) is 5.29. The van der Waals surface area contributed by atoms with Gasteiger partial charge < -0.3 is 19.3 Å². The van der Waals surface area contributed by atoms with Crippen LogP contribution in [0.4, 0.5) is 0 Å². The highest BCUT2D eigenvalue weighted by Crippen LogP contribution is 2.33. The molecule has 1 aromatic rings. The molecule has 1 aromatic heterocycles. The Morgan fingerprint density at radius 3 is 2.96 bits per heavy atom. The maximum Gasteiger partial charge on any atom is 0.255 e. The summed E-state index contributed by atoms with van der Waals surface area (Å²) in [5, 5.41) is 0. The molecule has 6 heteroatoms. The SMILES string of the molecule is O=C(c1cccnc1)N1CCO[C@@H]2[C@@H](OCCN3CCCC3)CC[C@H]21. The number of rotatable bonds is 5. The van der Waals surface area contributed by atoms with E-state index in [0.29, 0.717) is 18.7 Å². The van der Waals surface area contributed by atoms with Gasteiger partial charge in [0.2, 0.25) is 0 Å². The normalized spacial score (nSPS) is 29.8. The second-order valence-electron chi connectivity index (χ2n) is 7.18. The van der Waals surface area contributed by atoms with Crippen LogP contribution in [0.3, 0.4) is 0 Å². The minimum Gasteiger partial charge on any atom is -0.374 e. The first-order chi connectivity index (χ1) is 12.3. The molecule has 1 amide bonds. The summed E-state index contributed by atoms with van der Waals surface area (Å²) in [6, 6.07) is 3.77. The summed E-state index contributed by atoms with van der Waals surface area (Å²) in [6.45, 7) is 5.39. The van der Waals surface area contributed by atoms with E-state index in [1.54, 1.807) is 12.4 Å². The monoisotopic (exact) mass is 345 g/mol. The zero-order valence-electron chi connectivity index (χ0n) is 14.7. The molecule has 2 saturated heterocycles. The standard InChI is InChI=1S/C19H27N3O3/c23-19(15-4-3-7-20-14-15)22-11-13-25-18-16(22)5-6-17(18)24-12-10-21-8-1-2-9-21/h3-4,7,14,16-18H,1-2,5-6,8-13H2/t16-,17+,18+/m1/s1. The molecular weight excluding hydrogens is 318 g/mol. The Morgan fingerprint density at radius 2 is 2.16 bits per heavy atom. The van der Waals surface area contributed by atoms with Crippen molar-refractivity contribution in [3.05, 3.63) is 30.1 Å². The third-order valence-corrected chi connectivity index (χ3v) is 5.64. The van der Waals surface area contributed by atoms with Gasteiger partial charge in [0.05, 0.1) is 30.9 Å². The molecule has 3 aliphatic rings. The summed E-state index contributed by atoms with van der Waals surface area (Å²) >= 11 is 0. The molecule has 0 N–H and O–H groups in total. The van der Waals surface area contributed by atoms with Crippen LogP contribution < -0.4 is 0 Å². The van der Waals surface area contributed by atoms with Gasteiger partial charge in [-0.2, -0.15) is 0 Å². The van der Waals surface area contributed by atoms with Crippen molar-refractivity contribution in [2.75, 3.05) is 39.4 Å². The molecule has 2 aliphatic heterocycles. The van der Waals surface area contributed by atoms with Gasteiger partial charge in [-0.1, -0.05) is 0 Å². The maximum atomic E-state index is 12.8. The molecule has 3 heterocycles. The van der Waals surface area contributed by atoms with E-state index in [4.69, 9.17) is 9.47 Å². The molecule has 136 valence electrons. The van der Waals surface area contributed by atoms with Gasteiger partial charge >= 0.3 is 0 Å². The van der Waals surface area contributed by atoms with E-state index in [2.05, 4.69) is 9.88 Å². The zero-order valence-corrected chi connectivity index (χ0v) is 14.7. The van der Waals surface area contributed by atoms with Gasteiger partial charge in [-0.25, -0.2) is 0 Å². The Balaban J connectivity index is 1.34. The van der Waals surface area contributed by atoms with Crippen LogP contribution in [0.15, 0.2) is 24.5 Å². The predicted octanol–water partition coefficient (Wildman–Crippen LogP) is 1.57. The average molecular weight is 345 g/mol. The highest BCUT2D eigenvalue weighted by atomic mass is 16.5. The van der Waals surface area contributed by atoms with Crippen LogP contribution in [0.1, 0.15) is 36.0 Å². The van der Waals surface area contributed by atoms with Gasteiger partial charge in [-0.15, -0.1) is 0 Å². The number of carbonyl (C=O) groups is 1. The quantitative estimate of drug-likeness (QED) is 0.811. The maximum absolute atomic E-state index is 12.8. The number of hydrogen-bond acceptors (Lipinski definition) is 5. The third-order valence-electron chi connectivity index (χ3n) is 5.64. The molecular formula is C19H27N3O3. The number of carbonyl (C=O) groups excluding carboxylic acids is 1. The van der Waals surface area contributed by atoms with Crippen LogP contribution in [0.5, 0.6) is 0 Å². The minimum atomic E-state index is 0.00736. The Labute approximate surface area is 149 Å². The summed E-state index contributed by atoms with van der Waals surface area (Å²) in [6.07, 6.45) is 7.98. The molecule has 0 unspecified atom stereocenters. The number of nitrogens with zero attached hydrogens (tertiary/aromatic N) is 3. The number of fused-ring (bicyclic) bond motifs is 1. The average Bonchev–Trinajstić information content (AvgIpc) is 3.32. The molecule has 0 bridgehead atoms. The van der Waals surface area contributed by atoms with Crippen molar-refractivity contribution in [1.82, 2.24) is 14.8 Å². The van der Waals surface area contributed by atoms with Gasteiger partial charge in [-0.3, -0.25) is 9.78 Å². The van der Waals surface area contributed by atoms with Crippen molar-refractivity contribution in [2.45, 2.75) is 43.9 Å². The van der Waals surface area contributed by atoms with Crippen LogP contribution in [0.2, 0.25) is 0 Å². The van der Waals surface area contributed by atoms with E-state index in [0.717, 1.165) is 26.0 Å². The molecule has 6 nitrogen and oxygen atoms in total. The molecule has 3 fully saturated rings. The zero-order chi connectivity index (χ0) is 17.1. The van der Waals surface area contributed by atoms with Gasteiger partial charge in [0.1, 0.15) is 6.10 Å². The first-order valence-electron chi connectivity index (χ1n) is 9.49. The van der Waals surface area contributed by atoms with Crippen molar-refractivity contribution >= 4 is 5.91 Å². The van der Waals surface area contributed by atoms with E-state index in [1.807, 2.05) is 17.0 Å². The molecule has 25 heavy (non-hydrogen) atoms. The smallest absolute Gasteiger partial charge is 0.255 e. The van der Waals surface area contributed by atoms with E-state index in [9.17, 15) is 4.79 Å². The highest BCUT2D eigenvalue weighted by molar-refractivity contribution is 5.94. The summed E-state index contributed by atoms with van der Waals surface area (Å²) < 4.78 is 12.2. The molecule has 1 aliphatic carbocycles. The number of amides is 1. The van der Waals surface area contributed by atoms with Gasteiger partial charge in [0.25, 0.3) is 5.91 Å². The van der Waals surface area contributed by atoms with E-state index in [-0.39, 0.29) is 24.2 Å². The van der Waals surface area contributed by atoms with Crippen LogP contribution >= 0.6 is 0 Å². The first-order valence-corrected chi connectivity index (χ1v) is 9.49. The minimum absolute atomic E-state index is 0.00736. The molecule has 3 atom stereocenters. The third kappa shape index (κ3) is 3.71.